The summed E-state index contributed by atoms with van der Waals surface area (Å²) < 4.78 is 5.24. The van der Waals surface area contributed by atoms with Gasteiger partial charge >= 0.3 is 12.0 Å². The van der Waals surface area contributed by atoms with Gasteiger partial charge in [-0.05, 0) is 5.92 Å². The largest absolute Gasteiger partial charge is 0.480 e. The molecule has 19 heavy (non-hydrogen) atoms. The lowest BCUT2D eigenvalue weighted by molar-refractivity contribution is -0.140. The predicted octanol–water partition coefficient (Wildman–Crippen LogP) is -0.112. The number of hydrogen-bond acceptors (Lipinski definition) is 4. The van der Waals surface area contributed by atoms with Gasteiger partial charge in [0.05, 0.1) is 25.9 Å². The summed E-state index contributed by atoms with van der Waals surface area (Å²) in [5.41, 5.74) is 0. The molecule has 0 aromatic carbocycles. The average molecular weight is 274 g/mol. The van der Waals surface area contributed by atoms with E-state index < -0.39 is 24.1 Å². The molecule has 7 nitrogen and oxygen atoms in total. The zero-order valence-corrected chi connectivity index (χ0v) is 11.3. The summed E-state index contributed by atoms with van der Waals surface area (Å²) in [5, 5.41) is 20.7. The Morgan fingerprint density at radius 3 is 2.74 bits per heavy atom. The van der Waals surface area contributed by atoms with E-state index in [9.17, 15) is 9.59 Å². The van der Waals surface area contributed by atoms with Crippen LogP contribution in [0.5, 0.6) is 0 Å². The Morgan fingerprint density at radius 2 is 2.21 bits per heavy atom. The van der Waals surface area contributed by atoms with Crippen molar-refractivity contribution in [2.45, 2.75) is 32.4 Å². The molecule has 1 aliphatic heterocycles. The van der Waals surface area contributed by atoms with Gasteiger partial charge in [0.2, 0.25) is 0 Å². The highest BCUT2D eigenvalue weighted by molar-refractivity contribution is 5.82. The average Bonchev–Trinajstić information content (AvgIpc) is 2.43. The second-order valence-electron chi connectivity index (χ2n) is 4.77. The Bertz CT molecular complexity index is 323. The first-order valence-electron chi connectivity index (χ1n) is 6.50. The van der Waals surface area contributed by atoms with Gasteiger partial charge in [0.1, 0.15) is 6.04 Å². The minimum absolute atomic E-state index is 0.142. The van der Waals surface area contributed by atoms with Crippen LogP contribution in [0, 0.1) is 5.92 Å². The number of amides is 2. The molecule has 2 unspecified atom stereocenters. The maximum Gasteiger partial charge on any atom is 0.326 e. The topological polar surface area (TPSA) is 99.1 Å². The fourth-order valence-electron chi connectivity index (χ4n) is 1.92. The van der Waals surface area contributed by atoms with Crippen LogP contribution < -0.4 is 5.32 Å². The molecule has 3 N–H and O–H groups in total. The number of rotatable bonds is 5. The molecule has 0 aliphatic carbocycles. The van der Waals surface area contributed by atoms with Crippen LogP contribution in [-0.2, 0) is 9.53 Å². The van der Waals surface area contributed by atoms with Gasteiger partial charge in [0, 0.05) is 6.54 Å². The number of ether oxygens (including phenoxy) is 1. The lowest BCUT2D eigenvalue weighted by Gasteiger charge is -2.33. The van der Waals surface area contributed by atoms with Gasteiger partial charge in [-0.25, -0.2) is 9.59 Å². The molecule has 0 spiro atoms. The third-order valence-corrected chi connectivity index (χ3v) is 3.39. The third-order valence-electron chi connectivity index (χ3n) is 3.39. The second-order valence-corrected chi connectivity index (χ2v) is 4.77. The number of aliphatic hydroxyl groups excluding tert-OH is 1. The third kappa shape index (κ3) is 4.36. The number of carboxylic acid groups (broad SMARTS) is 1. The van der Waals surface area contributed by atoms with Crippen LogP contribution in [0.3, 0.4) is 0 Å². The first-order valence-corrected chi connectivity index (χ1v) is 6.50. The van der Waals surface area contributed by atoms with Crippen LogP contribution in [0.1, 0.15) is 20.3 Å². The van der Waals surface area contributed by atoms with Crippen molar-refractivity contribution in [1.82, 2.24) is 10.2 Å². The Labute approximate surface area is 112 Å². The molecule has 1 heterocycles. The molecule has 3 atom stereocenters. The van der Waals surface area contributed by atoms with E-state index >= 15 is 0 Å². The van der Waals surface area contributed by atoms with Crippen molar-refractivity contribution in [1.29, 1.82) is 0 Å². The second kappa shape index (κ2) is 7.30. The fraction of sp³-hybridized carbons (Fsp3) is 0.833. The van der Waals surface area contributed by atoms with Crippen LogP contribution in [0.4, 0.5) is 4.79 Å². The molecular weight excluding hydrogens is 252 g/mol. The van der Waals surface area contributed by atoms with Crippen molar-refractivity contribution in [2.75, 3.05) is 26.3 Å². The highest BCUT2D eigenvalue weighted by Crippen LogP contribution is 2.10. The highest BCUT2D eigenvalue weighted by Gasteiger charge is 2.29. The summed E-state index contributed by atoms with van der Waals surface area (Å²) in [4.78, 5) is 24.6. The number of aliphatic carboxylic acids is 1. The first-order chi connectivity index (χ1) is 8.99. The van der Waals surface area contributed by atoms with E-state index in [0.29, 0.717) is 19.6 Å². The van der Waals surface area contributed by atoms with E-state index in [4.69, 9.17) is 14.9 Å². The quantitative estimate of drug-likeness (QED) is 0.649. The van der Waals surface area contributed by atoms with Crippen molar-refractivity contribution >= 4 is 12.0 Å². The van der Waals surface area contributed by atoms with E-state index in [-0.39, 0.29) is 19.1 Å². The predicted molar refractivity (Wildman–Crippen MR) is 67.8 cm³/mol. The summed E-state index contributed by atoms with van der Waals surface area (Å²) in [7, 11) is 0. The molecule has 110 valence electrons. The van der Waals surface area contributed by atoms with E-state index in [1.165, 1.54) is 4.90 Å². The van der Waals surface area contributed by atoms with Crippen LogP contribution in [0.25, 0.3) is 0 Å². The van der Waals surface area contributed by atoms with E-state index in [2.05, 4.69) is 5.32 Å². The van der Waals surface area contributed by atoms with Gasteiger partial charge in [-0.2, -0.15) is 0 Å². The highest BCUT2D eigenvalue weighted by atomic mass is 16.5. The Morgan fingerprint density at radius 1 is 1.53 bits per heavy atom. The Kier molecular flexibility index (Phi) is 6.04. The van der Waals surface area contributed by atoms with Crippen molar-refractivity contribution in [3.05, 3.63) is 0 Å². The van der Waals surface area contributed by atoms with Gasteiger partial charge in [0.25, 0.3) is 0 Å². The van der Waals surface area contributed by atoms with Gasteiger partial charge in [-0.3, -0.25) is 0 Å². The maximum absolute atomic E-state index is 12.0. The molecule has 0 bridgehead atoms. The molecule has 0 saturated carbocycles. The SMILES string of the molecule is CCC(C)[C@H](NC(=O)N1CCOC(CO)C1)C(=O)O. The number of carboxylic acids is 1. The van der Waals surface area contributed by atoms with Gasteiger partial charge < -0.3 is 25.2 Å². The minimum Gasteiger partial charge on any atom is -0.480 e. The minimum atomic E-state index is -1.03. The Hall–Kier alpha value is -1.34. The number of aliphatic hydroxyl groups is 1. The number of carbonyl (C=O) groups excluding carboxylic acids is 1. The number of hydrogen-bond donors (Lipinski definition) is 3. The normalized spacial score (nSPS) is 22.7. The smallest absolute Gasteiger partial charge is 0.326 e. The molecule has 0 aromatic heterocycles. The summed E-state index contributed by atoms with van der Waals surface area (Å²) in [6, 6.07) is -1.32. The van der Waals surface area contributed by atoms with Crippen LogP contribution in [-0.4, -0.2) is 65.6 Å². The standard InChI is InChI=1S/C12H22N2O5/c1-3-8(2)10(11(16)17)13-12(18)14-4-5-19-9(6-14)7-15/h8-10,15H,3-7H2,1-2H3,(H,13,18)(H,16,17)/t8?,9?,10-/m0/s1. The van der Waals surface area contributed by atoms with Gasteiger partial charge in [-0.15, -0.1) is 0 Å². The molecule has 7 heteroatoms. The zero-order valence-electron chi connectivity index (χ0n) is 11.3. The van der Waals surface area contributed by atoms with Gasteiger partial charge in [-0.1, -0.05) is 20.3 Å². The van der Waals surface area contributed by atoms with Crippen molar-refractivity contribution in [3.8, 4) is 0 Å². The van der Waals surface area contributed by atoms with E-state index in [1.807, 2.05) is 6.92 Å². The molecular formula is C12H22N2O5. The molecule has 0 radical (unpaired) electrons. The molecule has 1 saturated heterocycles. The number of nitrogens with zero attached hydrogens (tertiary/aromatic N) is 1. The van der Waals surface area contributed by atoms with E-state index in [0.717, 1.165) is 0 Å². The number of nitrogens with one attached hydrogen (secondary N) is 1. The van der Waals surface area contributed by atoms with Crippen molar-refractivity contribution in [3.63, 3.8) is 0 Å². The number of urea groups is 1. The van der Waals surface area contributed by atoms with Crippen LogP contribution in [0.15, 0.2) is 0 Å². The van der Waals surface area contributed by atoms with Crippen LogP contribution >= 0.6 is 0 Å². The maximum atomic E-state index is 12.0. The summed E-state index contributed by atoms with van der Waals surface area (Å²) in [6.07, 6.45) is 0.269. The molecule has 1 rings (SSSR count). The Balaban J connectivity index is 2.58. The molecule has 1 fully saturated rings. The summed E-state index contributed by atoms with van der Waals surface area (Å²) in [6.45, 7) is 4.53. The molecule has 1 aliphatic rings. The van der Waals surface area contributed by atoms with Crippen LogP contribution in [0.2, 0.25) is 0 Å². The lowest BCUT2D eigenvalue weighted by atomic mass is 9.99. The zero-order chi connectivity index (χ0) is 14.4. The van der Waals surface area contributed by atoms with Crippen molar-refractivity contribution in [2.24, 2.45) is 5.92 Å². The fourth-order valence-corrected chi connectivity index (χ4v) is 1.92. The number of morpholine rings is 1. The molecule has 0 aromatic rings. The number of carbonyl (C=O) groups is 2. The monoisotopic (exact) mass is 274 g/mol. The first kappa shape index (κ1) is 15.7. The molecule has 2 amide bonds. The van der Waals surface area contributed by atoms with Crippen molar-refractivity contribution < 1.29 is 24.5 Å². The lowest BCUT2D eigenvalue weighted by Crippen LogP contribution is -2.55. The van der Waals surface area contributed by atoms with E-state index in [1.54, 1.807) is 6.92 Å². The summed E-state index contributed by atoms with van der Waals surface area (Å²) >= 11 is 0. The van der Waals surface area contributed by atoms with Gasteiger partial charge in [0.15, 0.2) is 0 Å². The summed E-state index contributed by atoms with van der Waals surface area (Å²) in [5.74, 6) is -1.18.